The number of carbonyl (C=O) groups excluding carboxylic acids is 1. The van der Waals surface area contributed by atoms with Crippen molar-refractivity contribution in [1.82, 2.24) is 20.2 Å². The number of aliphatic imine (C=N–C) groups is 1. The Bertz CT molecular complexity index is 1640. The highest BCUT2D eigenvalue weighted by atomic mass is 32.2. The number of amidine groups is 1. The van der Waals surface area contributed by atoms with Gasteiger partial charge in [-0.15, -0.1) is 18.3 Å². The molecule has 1 aromatic heterocycles. The highest BCUT2D eigenvalue weighted by molar-refractivity contribution is 8.13. The second-order valence-corrected chi connectivity index (χ2v) is 11.3. The van der Waals surface area contributed by atoms with E-state index < -0.39 is 6.36 Å². The molecule has 1 saturated carbocycles. The van der Waals surface area contributed by atoms with Crippen LogP contribution in [0.3, 0.4) is 0 Å². The van der Waals surface area contributed by atoms with Crippen LogP contribution < -0.4 is 10.2 Å². The first-order valence-electron chi connectivity index (χ1n) is 14.3. The number of alkyl halides is 3. The molecule has 0 radical (unpaired) electrons. The van der Waals surface area contributed by atoms with Crippen LogP contribution in [-0.2, 0) is 9.53 Å². The number of thioether (sulfide) groups is 1. The zero-order valence-corrected chi connectivity index (χ0v) is 25.4. The van der Waals surface area contributed by atoms with Gasteiger partial charge in [0.25, 0.3) is 0 Å². The third kappa shape index (κ3) is 8.94. The molecule has 9 nitrogen and oxygen atoms in total. The quantitative estimate of drug-likeness (QED) is 0.0668. The summed E-state index contributed by atoms with van der Waals surface area (Å²) in [7, 11) is 0. The number of hydrazone groups is 1. The SMILES string of the molecule is Cc1cccc(C)c1/N=C(/N/N=C/c1ccc(-c2ncn(-c3ccc(OC(F)(F)F)cc3)n2)cc1)SCOC(=O)C1CCCC1. The standard InChI is InChI=1S/C32H31F3N6O3S/c1-21-6-5-7-22(2)28(21)38-31(45-20-43-30(42)25-8-3-4-9-25)39-37-18-23-10-12-24(13-11-23)29-36-19-41(40-29)26-14-16-27(17-15-26)44-32(33,34)35/h5-7,10-19,25H,3-4,8-9,20H2,1-2H3,(H,38,39)/b37-18+. The monoisotopic (exact) mass is 636 g/mol. The number of hydrogen-bond donors (Lipinski definition) is 1. The van der Waals surface area contributed by atoms with Gasteiger partial charge in [0, 0.05) is 5.56 Å². The van der Waals surface area contributed by atoms with Crippen molar-refractivity contribution < 1.29 is 27.4 Å². The van der Waals surface area contributed by atoms with Gasteiger partial charge < -0.3 is 9.47 Å². The molecule has 0 amide bonds. The van der Waals surface area contributed by atoms with E-state index in [0.29, 0.717) is 16.7 Å². The van der Waals surface area contributed by atoms with Gasteiger partial charge in [-0.2, -0.15) is 5.10 Å². The van der Waals surface area contributed by atoms with Crippen LogP contribution in [0, 0.1) is 19.8 Å². The van der Waals surface area contributed by atoms with Crippen LogP contribution in [0.15, 0.2) is 83.2 Å². The summed E-state index contributed by atoms with van der Waals surface area (Å²) in [6.45, 7) is 3.97. The Morgan fingerprint density at radius 3 is 2.40 bits per heavy atom. The van der Waals surface area contributed by atoms with Crippen molar-refractivity contribution in [1.29, 1.82) is 0 Å². The van der Waals surface area contributed by atoms with E-state index in [9.17, 15) is 18.0 Å². The molecule has 0 aliphatic heterocycles. The Morgan fingerprint density at radius 2 is 1.73 bits per heavy atom. The lowest BCUT2D eigenvalue weighted by molar-refractivity contribution is -0.274. The summed E-state index contributed by atoms with van der Waals surface area (Å²) in [5, 5.41) is 9.29. The molecule has 4 aromatic rings. The van der Waals surface area contributed by atoms with Gasteiger partial charge in [0.15, 0.2) is 11.0 Å². The van der Waals surface area contributed by atoms with Gasteiger partial charge in [-0.3, -0.25) is 10.2 Å². The molecule has 3 aromatic carbocycles. The van der Waals surface area contributed by atoms with Gasteiger partial charge in [-0.1, -0.05) is 55.3 Å². The number of para-hydroxylation sites is 1. The Kier molecular flexibility index (Phi) is 10.2. The summed E-state index contributed by atoms with van der Waals surface area (Å²) >= 11 is 1.27. The second kappa shape index (κ2) is 14.4. The number of nitrogens with one attached hydrogen (secondary N) is 1. The maximum absolute atomic E-state index is 12.4. The molecule has 0 atom stereocenters. The topological polar surface area (TPSA) is 103 Å². The predicted octanol–water partition coefficient (Wildman–Crippen LogP) is 7.49. The number of halogens is 3. The minimum Gasteiger partial charge on any atom is -0.454 e. The van der Waals surface area contributed by atoms with Gasteiger partial charge in [0.05, 0.1) is 23.5 Å². The lowest BCUT2D eigenvalue weighted by atomic mass is 10.1. The van der Waals surface area contributed by atoms with Crippen molar-refractivity contribution in [2.45, 2.75) is 45.9 Å². The molecule has 1 aliphatic carbocycles. The minimum atomic E-state index is -4.76. The summed E-state index contributed by atoms with van der Waals surface area (Å²) in [4.78, 5) is 21.5. The molecule has 1 fully saturated rings. The number of carbonyl (C=O) groups is 1. The predicted molar refractivity (Wildman–Crippen MR) is 168 cm³/mol. The number of nitrogens with zero attached hydrogens (tertiary/aromatic N) is 5. The highest BCUT2D eigenvalue weighted by Gasteiger charge is 2.31. The van der Waals surface area contributed by atoms with E-state index in [1.165, 1.54) is 47.0 Å². The normalized spacial score (nSPS) is 14.2. The lowest BCUT2D eigenvalue weighted by Crippen LogP contribution is -2.18. The first-order valence-corrected chi connectivity index (χ1v) is 15.2. The molecule has 1 heterocycles. The summed E-state index contributed by atoms with van der Waals surface area (Å²) in [5.74, 6) is 0.0716. The molecule has 0 unspecified atom stereocenters. The average molecular weight is 637 g/mol. The van der Waals surface area contributed by atoms with E-state index in [-0.39, 0.29) is 23.6 Å². The molecule has 234 valence electrons. The fourth-order valence-electron chi connectivity index (χ4n) is 4.80. The van der Waals surface area contributed by atoms with E-state index in [1.807, 2.05) is 56.3 Å². The first-order chi connectivity index (χ1) is 21.6. The van der Waals surface area contributed by atoms with E-state index >= 15 is 0 Å². The molecular weight excluding hydrogens is 605 g/mol. The van der Waals surface area contributed by atoms with Crippen LogP contribution in [0.5, 0.6) is 5.75 Å². The lowest BCUT2D eigenvalue weighted by Gasteiger charge is -2.11. The maximum Gasteiger partial charge on any atom is 0.573 e. The van der Waals surface area contributed by atoms with Gasteiger partial charge in [-0.25, -0.2) is 14.7 Å². The Balaban J connectivity index is 1.22. The number of ether oxygens (including phenoxy) is 2. The van der Waals surface area contributed by atoms with Crippen molar-refractivity contribution in [3.63, 3.8) is 0 Å². The molecule has 5 rings (SSSR count). The molecule has 0 bridgehead atoms. The molecule has 1 N–H and O–H groups in total. The average Bonchev–Trinajstić information content (AvgIpc) is 3.72. The summed E-state index contributed by atoms with van der Waals surface area (Å²) in [6, 6.07) is 18.7. The van der Waals surface area contributed by atoms with E-state index in [0.717, 1.165) is 53.6 Å². The number of aromatic nitrogens is 3. The van der Waals surface area contributed by atoms with E-state index in [1.54, 1.807) is 6.21 Å². The highest BCUT2D eigenvalue weighted by Crippen LogP contribution is 2.28. The van der Waals surface area contributed by atoms with Crippen molar-refractivity contribution >= 4 is 34.8 Å². The van der Waals surface area contributed by atoms with E-state index in [4.69, 9.17) is 9.73 Å². The number of rotatable bonds is 9. The Hall–Kier alpha value is -4.65. The minimum absolute atomic E-state index is 0.0178. The van der Waals surface area contributed by atoms with Crippen LogP contribution in [0.25, 0.3) is 17.1 Å². The number of aryl methyl sites for hydroxylation is 2. The van der Waals surface area contributed by atoms with Crippen molar-refractivity contribution in [2.75, 3.05) is 5.94 Å². The summed E-state index contributed by atoms with van der Waals surface area (Å²) in [5.41, 5.74) is 7.92. The summed E-state index contributed by atoms with van der Waals surface area (Å²) < 4.78 is 48.2. The van der Waals surface area contributed by atoms with Gasteiger partial charge in [-0.05, 0) is 79.4 Å². The fourth-order valence-corrected chi connectivity index (χ4v) is 5.36. The number of hydrogen-bond acceptors (Lipinski definition) is 8. The van der Waals surface area contributed by atoms with Crippen molar-refractivity contribution in [3.8, 4) is 22.8 Å². The first kappa shape index (κ1) is 31.8. The molecule has 13 heteroatoms. The maximum atomic E-state index is 12.4. The third-order valence-corrected chi connectivity index (χ3v) is 7.80. The van der Waals surface area contributed by atoms with Gasteiger partial charge in [0.2, 0.25) is 0 Å². The second-order valence-electron chi connectivity index (χ2n) is 10.4. The smallest absolute Gasteiger partial charge is 0.454 e. The van der Waals surface area contributed by atoms with Crippen molar-refractivity contribution in [2.24, 2.45) is 16.0 Å². The van der Waals surface area contributed by atoms with Gasteiger partial charge >= 0.3 is 12.3 Å². The van der Waals surface area contributed by atoms with Crippen LogP contribution in [-0.4, -0.2) is 44.4 Å². The zero-order valence-electron chi connectivity index (χ0n) is 24.6. The summed E-state index contributed by atoms with van der Waals surface area (Å²) in [6.07, 6.45) is 2.25. The number of esters is 1. The molecule has 45 heavy (non-hydrogen) atoms. The molecule has 0 saturated heterocycles. The molecule has 0 spiro atoms. The fraction of sp³-hybridized carbons (Fsp3) is 0.281. The Morgan fingerprint density at radius 1 is 1.04 bits per heavy atom. The van der Waals surface area contributed by atoms with E-state index in [2.05, 4.69) is 25.3 Å². The van der Waals surface area contributed by atoms with Crippen LogP contribution >= 0.6 is 11.8 Å². The van der Waals surface area contributed by atoms with Crippen LogP contribution in [0.2, 0.25) is 0 Å². The Labute approximate surface area is 262 Å². The number of benzene rings is 3. The van der Waals surface area contributed by atoms with Crippen LogP contribution in [0.1, 0.15) is 42.4 Å². The van der Waals surface area contributed by atoms with Crippen molar-refractivity contribution in [3.05, 3.63) is 89.7 Å². The van der Waals surface area contributed by atoms with Gasteiger partial charge in [0.1, 0.15) is 18.0 Å². The van der Waals surface area contributed by atoms with Crippen LogP contribution in [0.4, 0.5) is 18.9 Å². The zero-order chi connectivity index (χ0) is 31.8. The molecular formula is C32H31F3N6O3S. The third-order valence-electron chi connectivity index (χ3n) is 7.11. The molecule has 1 aliphatic rings. The largest absolute Gasteiger partial charge is 0.573 e.